The minimum Gasteiger partial charge on any atom is -0.451 e. The van der Waals surface area contributed by atoms with E-state index in [1.54, 1.807) is 7.11 Å². The van der Waals surface area contributed by atoms with Crippen molar-refractivity contribution in [1.82, 2.24) is 9.80 Å². The van der Waals surface area contributed by atoms with E-state index in [2.05, 4.69) is 11.9 Å². The van der Waals surface area contributed by atoms with Gasteiger partial charge < -0.3 is 19.0 Å². The molecule has 134 valence electrons. The summed E-state index contributed by atoms with van der Waals surface area (Å²) in [6.07, 6.45) is 1.04. The van der Waals surface area contributed by atoms with E-state index < -0.39 is 0 Å². The number of rotatable bonds is 3. The molecule has 4 rings (SSSR count). The van der Waals surface area contributed by atoms with E-state index in [1.165, 1.54) is 0 Å². The monoisotopic (exact) mass is 342 g/mol. The van der Waals surface area contributed by atoms with E-state index in [0.29, 0.717) is 11.7 Å². The number of methoxy groups -OCH3 is 1. The Morgan fingerprint density at radius 1 is 1.36 bits per heavy atom. The molecular weight excluding hydrogens is 316 g/mol. The third kappa shape index (κ3) is 2.66. The average Bonchev–Trinajstić information content (AvgIpc) is 3.26. The number of aryl methyl sites for hydroxylation is 1. The van der Waals surface area contributed by atoms with Crippen molar-refractivity contribution in [2.75, 3.05) is 46.9 Å². The highest BCUT2D eigenvalue weighted by Gasteiger charge is 2.50. The number of furan rings is 1. The normalized spacial score (nSPS) is 27.0. The smallest absolute Gasteiger partial charge is 0.289 e. The number of amides is 1. The Labute approximate surface area is 148 Å². The van der Waals surface area contributed by atoms with Crippen LogP contribution in [0.15, 0.2) is 28.7 Å². The molecule has 0 saturated carbocycles. The second-order valence-electron chi connectivity index (χ2n) is 7.74. The van der Waals surface area contributed by atoms with Crippen LogP contribution in [0.5, 0.6) is 0 Å². The molecule has 5 nitrogen and oxygen atoms in total. The molecular formula is C20H26N2O3. The Balaban J connectivity index is 1.58. The summed E-state index contributed by atoms with van der Waals surface area (Å²) in [7, 11) is 3.92. The standard InChI is InChI=1S/C20H26N2O3/c1-14-16-6-4-5-7-17(16)25-18(14)19(23)22-9-8-20(13-22)12-21(2)10-15(20)11-24-3/h4-7,15H,8-13H2,1-3H3/t15-,20-/m1/s1. The fourth-order valence-electron chi connectivity index (χ4n) is 4.79. The number of ether oxygens (including phenoxy) is 1. The third-order valence-corrected chi connectivity index (χ3v) is 6.06. The molecule has 0 N–H and O–H groups in total. The Morgan fingerprint density at radius 2 is 2.16 bits per heavy atom. The van der Waals surface area contributed by atoms with Gasteiger partial charge in [-0.1, -0.05) is 18.2 Å². The molecule has 2 aliphatic heterocycles. The van der Waals surface area contributed by atoms with Crippen molar-refractivity contribution in [3.05, 3.63) is 35.6 Å². The number of carbonyl (C=O) groups excluding carboxylic acids is 1. The fraction of sp³-hybridized carbons (Fsp3) is 0.550. The van der Waals surface area contributed by atoms with Crippen LogP contribution < -0.4 is 0 Å². The summed E-state index contributed by atoms with van der Waals surface area (Å²) in [5.41, 5.74) is 1.88. The van der Waals surface area contributed by atoms with Crippen LogP contribution in [-0.4, -0.2) is 62.7 Å². The van der Waals surface area contributed by atoms with Crippen molar-refractivity contribution >= 4 is 16.9 Å². The van der Waals surface area contributed by atoms with Crippen LogP contribution in [0.2, 0.25) is 0 Å². The molecule has 2 atom stereocenters. The van der Waals surface area contributed by atoms with Gasteiger partial charge in [0.1, 0.15) is 5.58 Å². The first-order chi connectivity index (χ1) is 12.0. The number of hydrogen-bond donors (Lipinski definition) is 0. The highest BCUT2D eigenvalue weighted by molar-refractivity contribution is 5.99. The summed E-state index contributed by atoms with van der Waals surface area (Å²) < 4.78 is 11.3. The average molecular weight is 342 g/mol. The number of benzene rings is 1. The van der Waals surface area contributed by atoms with E-state index in [-0.39, 0.29) is 11.3 Å². The van der Waals surface area contributed by atoms with Gasteiger partial charge in [-0.15, -0.1) is 0 Å². The molecule has 2 fully saturated rings. The Hall–Kier alpha value is -1.85. The van der Waals surface area contributed by atoms with Crippen LogP contribution in [0.4, 0.5) is 0 Å². The second-order valence-corrected chi connectivity index (χ2v) is 7.74. The van der Waals surface area contributed by atoms with Crippen LogP contribution in [0, 0.1) is 18.3 Å². The maximum Gasteiger partial charge on any atom is 0.289 e. The lowest BCUT2D eigenvalue weighted by Crippen LogP contribution is -2.38. The summed E-state index contributed by atoms with van der Waals surface area (Å²) in [6, 6.07) is 7.85. The molecule has 1 aromatic heterocycles. The number of fused-ring (bicyclic) bond motifs is 1. The van der Waals surface area contributed by atoms with Gasteiger partial charge in [0.15, 0.2) is 5.76 Å². The predicted molar refractivity (Wildman–Crippen MR) is 96.8 cm³/mol. The Bertz CT molecular complexity index is 799. The highest BCUT2D eigenvalue weighted by atomic mass is 16.5. The number of likely N-dealkylation sites (tertiary alicyclic amines) is 2. The first-order valence-corrected chi connectivity index (χ1v) is 8.99. The summed E-state index contributed by atoms with van der Waals surface area (Å²) in [4.78, 5) is 17.5. The molecule has 3 heterocycles. The van der Waals surface area contributed by atoms with Crippen molar-refractivity contribution in [3.8, 4) is 0 Å². The summed E-state index contributed by atoms with van der Waals surface area (Å²) in [6.45, 7) is 6.39. The Kier molecular flexibility index (Phi) is 4.08. The van der Waals surface area contributed by atoms with E-state index in [9.17, 15) is 4.79 Å². The third-order valence-electron chi connectivity index (χ3n) is 6.06. The summed E-state index contributed by atoms with van der Waals surface area (Å²) >= 11 is 0. The molecule has 2 aromatic rings. The molecule has 1 spiro atoms. The van der Waals surface area contributed by atoms with Crippen LogP contribution in [0.25, 0.3) is 11.0 Å². The minimum absolute atomic E-state index is 0.0243. The van der Waals surface area contributed by atoms with E-state index >= 15 is 0 Å². The largest absolute Gasteiger partial charge is 0.451 e. The minimum atomic E-state index is 0.0243. The molecule has 25 heavy (non-hydrogen) atoms. The first-order valence-electron chi connectivity index (χ1n) is 8.99. The number of hydrogen-bond acceptors (Lipinski definition) is 4. The first kappa shape index (κ1) is 16.6. The van der Waals surface area contributed by atoms with Gasteiger partial charge in [0.25, 0.3) is 5.91 Å². The molecule has 5 heteroatoms. The topological polar surface area (TPSA) is 45.9 Å². The lowest BCUT2D eigenvalue weighted by molar-refractivity contribution is 0.0690. The Morgan fingerprint density at radius 3 is 2.92 bits per heavy atom. The van der Waals surface area contributed by atoms with Crippen molar-refractivity contribution in [2.24, 2.45) is 11.3 Å². The van der Waals surface area contributed by atoms with Gasteiger partial charge in [0.05, 0.1) is 6.61 Å². The van der Waals surface area contributed by atoms with Gasteiger partial charge in [-0.3, -0.25) is 4.79 Å². The van der Waals surface area contributed by atoms with Crippen LogP contribution in [0.1, 0.15) is 22.5 Å². The van der Waals surface area contributed by atoms with Crippen molar-refractivity contribution < 1.29 is 13.9 Å². The molecule has 2 saturated heterocycles. The number of para-hydroxylation sites is 1. The zero-order valence-corrected chi connectivity index (χ0v) is 15.2. The lowest BCUT2D eigenvalue weighted by atomic mass is 9.77. The van der Waals surface area contributed by atoms with Crippen LogP contribution >= 0.6 is 0 Å². The quantitative estimate of drug-likeness (QED) is 0.860. The number of carbonyl (C=O) groups is 1. The lowest BCUT2D eigenvalue weighted by Gasteiger charge is -2.29. The van der Waals surface area contributed by atoms with Gasteiger partial charge in [-0.05, 0) is 26.5 Å². The van der Waals surface area contributed by atoms with E-state index in [1.807, 2.05) is 36.1 Å². The van der Waals surface area contributed by atoms with Gasteiger partial charge in [0.2, 0.25) is 0 Å². The maximum atomic E-state index is 13.1. The van der Waals surface area contributed by atoms with Crippen LogP contribution in [-0.2, 0) is 4.74 Å². The molecule has 0 unspecified atom stereocenters. The van der Waals surface area contributed by atoms with Crippen LogP contribution in [0.3, 0.4) is 0 Å². The molecule has 0 bridgehead atoms. The number of nitrogens with zero attached hydrogens (tertiary/aromatic N) is 2. The summed E-state index contributed by atoms with van der Waals surface area (Å²) in [5, 5.41) is 1.03. The zero-order valence-electron chi connectivity index (χ0n) is 15.2. The molecule has 1 amide bonds. The van der Waals surface area contributed by atoms with Gasteiger partial charge in [0, 0.05) is 55.6 Å². The van der Waals surface area contributed by atoms with Crippen molar-refractivity contribution in [2.45, 2.75) is 13.3 Å². The molecule has 0 aliphatic carbocycles. The molecule has 2 aliphatic rings. The van der Waals surface area contributed by atoms with E-state index in [0.717, 1.165) is 55.7 Å². The van der Waals surface area contributed by atoms with Gasteiger partial charge >= 0.3 is 0 Å². The van der Waals surface area contributed by atoms with E-state index in [4.69, 9.17) is 9.15 Å². The molecule has 1 aromatic carbocycles. The second kappa shape index (κ2) is 6.15. The van der Waals surface area contributed by atoms with Gasteiger partial charge in [-0.2, -0.15) is 0 Å². The van der Waals surface area contributed by atoms with Gasteiger partial charge in [-0.25, -0.2) is 0 Å². The predicted octanol–water partition coefficient (Wildman–Crippen LogP) is 2.78. The SMILES string of the molecule is COC[C@H]1CN(C)C[C@@]12CCN(C(=O)c1oc3ccccc3c1C)C2. The summed E-state index contributed by atoms with van der Waals surface area (Å²) in [5.74, 6) is 1.00. The fourth-order valence-corrected chi connectivity index (χ4v) is 4.79. The van der Waals surface area contributed by atoms with Crippen molar-refractivity contribution in [1.29, 1.82) is 0 Å². The molecule has 0 radical (unpaired) electrons. The van der Waals surface area contributed by atoms with Crippen molar-refractivity contribution in [3.63, 3.8) is 0 Å². The zero-order chi connectivity index (χ0) is 17.6. The maximum absolute atomic E-state index is 13.1. The highest BCUT2D eigenvalue weighted by Crippen LogP contribution is 2.44.